The number of carbonyl (C=O) groups is 1. The molecule has 34 heavy (non-hydrogen) atoms. The fourth-order valence-electron chi connectivity index (χ4n) is 4.57. The van der Waals surface area contributed by atoms with E-state index in [1.54, 1.807) is 11.1 Å². The van der Waals surface area contributed by atoms with Crippen molar-refractivity contribution in [1.82, 2.24) is 15.2 Å². The summed E-state index contributed by atoms with van der Waals surface area (Å²) in [4.78, 5) is 18.2. The second-order valence-corrected chi connectivity index (χ2v) is 10.2. The molecule has 7 nitrogen and oxygen atoms in total. The van der Waals surface area contributed by atoms with Gasteiger partial charge in [-0.3, -0.25) is 9.89 Å². The molecule has 1 aliphatic carbocycles. The smallest absolute Gasteiger partial charge is 0.184 e. The molecule has 2 aromatic carbocycles. The van der Waals surface area contributed by atoms with Crippen molar-refractivity contribution >= 4 is 60.7 Å². The Morgan fingerprint density at radius 1 is 1.41 bits per heavy atom. The van der Waals surface area contributed by atoms with E-state index in [4.69, 9.17) is 11.6 Å². The van der Waals surface area contributed by atoms with Crippen molar-refractivity contribution in [1.29, 1.82) is 0 Å². The number of carbonyl (C=O) groups excluding carboxylic acids is 1. The predicted octanol–water partition coefficient (Wildman–Crippen LogP) is 4.54. The zero-order valence-electron chi connectivity index (χ0n) is 17.8. The molecule has 1 saturated heterocycles. The molecule has 0 spiro atoms. The zero-order valence-corrected chi connectivity index (χ0v) is 19.4. The monoisotopic (exact) mass is 503 g/mol. The number of fused-ring (bicyclic) bond motifs is 2. The first-order valence-electron chi connectivity index (χ1n) is 11.0. The Hall–Kier alpha value is -2.82. The van der Waals surface area contributed by atoms with E-state index >= 15 is 4.39 Å². The lowest BCUT2D eigenvalue weighted by Gasteiger charge is -2.21. The summed E-state index contributed by atoms with van der Waals surface area (Å²) in [5.74, 6) is -1.20. The Balaban J connectivity index is 1.36. The molecule has 3 heterocycles. The van der Waals surface area contributed by atoms with E-state index in [1.807, 2.05) is 18.2 Å². The highest BCUT2D eigenvalue weighted by atomic mass is 35.5. The Morgan fingerprint density at radius 3 is 2.97 bits per heavy atom. The fourth-order valence-corrected chi connectivity index (χ4v) is 5.77. The van der Waals surface area contributed by atoms with Crippen LogP contribution in [-0.4, -0.2) is 58.0 Å². The molecule has 1 aliphatic heterocycles. The number of Topliss-reactive ketones (excluding diaryl/α,β-unsaturated/α-hetero) is 1. The van der Waals surface area contributed by atoms with E-state index in [9.17, 15) is 14.3 Å². The maximum absolute atomic E-state index is 15.5. The summed E-state index contributed by atoms with van der Waals surface area (Å²) >= 11 is 7.93. The number of alkyl halides is 1. The highest BCUT2D eigenvalue weighted by Crippen LogP contribution is 2.44. The van der Waals surface area contributed by atoms with Crippen molar-refractivity contribution < 1.29 is 18.7 Å². The number of aromatic amines is 1. The first-order chi connectivity index (χ1) is 16.4. The van der Waals surface area contributed by atoms with Crippen LogP contribution < -0.4 is 10.2 Å². The van der Waals surface area contributed by atoms with Crippen molar-refractivity contribution in [2.24, 2.45) is 5.92 Å². The number of nitrogens with zero attached hydrogens (tertiary/aromatic N) is 3. The van der Waals surface area contributed by atoms with E-state index in [0.29, 0.717) is 58.8 Å². The Labute approximate surface area is 201 Å². The van der Waals surface area contributed by atoms with Gasteiger partial charge in [-0.05, 0) is 30.5 Å². The topological polar surface area (TPSA) is 94.1 Å². The average molecular weight is 504 g/mol. The molecular formula is C23H20ClF2N5O2S. The maximum atomic E-state index is 15.5. The molecule has 176 valence electrons. The first kappa shape index (κ1) is 21.7. The van der Waals surface area contributed by atoms with Gasteiger partial charge in [-0.25, -0.2) is 13.8 Å². The maximum Gasteiger partial charge on any atom is 0.184 e. The predicted molar refractivity (Wildman–Crippen MR) is 129 cm³/mol. The molecule has 4 aromatic rings. The third-order valence-electron chi connectivity index (χ3n) is 6.46. The number of aromatic nitrogens is 3. The number of aliphatic hydroxyl groups excluding tert-OH is 1. The molecule has 3 N–H and O–H groups in total. The standard InChI is InChI=1S/C23H20ClF2N5O2S/c24-19-18(13-7-28-30-21(13)22(20(19)26)31-4-3-11(32)9-31)10-1-2-15-17(5-10)34-23(29-15)27-8-16(33)12-6-14(12)25/h1-2,5,7,11-12,14,32H,3-4,6,8-9H2,(H,27,29)(H,28,30)/t11?,12-,14+/m1/s1. The number of hydrogen-bond acceptors (Lipinski definition) is 7. The highest BCUT2D eigenvalue weighted by molar-refractivity contribution is 7.22. The van der Waals surface area contributed by atoms with Gasteiger partial charge in [0.15, 0.2) is 16.7 Å². The molecule has 0 radical (unpaired) electrons. The number of β-amino-alcohol motifs (C(OH)–C–C–N with tert-alkyl or cyclic N) is 1. The molecule has 2 aromatic heterocycles. The van der Waals surface area contributed by atoms with Gasteiger partial charge in [-0.1, -0.05) is 29.0 Å². The van der Waals surface area contributed by atoms with E-state index in [0.717, 1.165) is 10.2 Å². The van der Waals surface area contributed by atoms with Gasteiger partial charge in [0.2, 0.25) is 0 Å². The largest absolute Gasteiger partial charge is 0.391 e. The van der Waals surface area contributed by atoms with Crippen molar-refractivity contribution in [3.05, 3.63) is 35.2 Å². The number of rotatable bonds is 6. The van der Waals surface area contributed by atoms with Gasteiger partial charge in [0.05, 0.1) is 45.5 Å². The van der Waals surface area contributed by atoms with Crippen LogP contribution in [0.15, 0.2) is 24.4 Å². The van der Waals surface area contributed by atoms with Crippen LogP contribution in [-0.2, 0) is 4.79 Å². The number of ketones is 1. The number of hydrogen-bond donors (Lipinski definition) is 3. The van der Waals surface area contributed by atoms with Gasteiger partial charge in [0, 0.05) is 24.0 Å². The number of halogens is 3. The van der Waals surface area contributed by atoms with Gasteiger partial charge in [0.1, 0.15) is 11.9 Å². The quantitative estimate of drug-likeness (QED) is 0.357. The van der Waals surface area contributed by atoms with E-state index < -0.39 is 24.0 Å². The summed E-state index contributed by atoms with van der Waals surface area (Å²) in [5, 5.41) is 21.2. The molecule has 2 aliphatic rings. The number of aliphatic hydroxyl groups is 1. The summed E-state index contributed by atoms with van der Waals surface area (Å²) in [6.45, 7) is 0.898. The molecule has 2 fully saturated rings. The summed E-state index contributed by atoms with van der Waals surface area (Å²) in [7, 11) is 0. The van der Waals surface area contributed by atoms with Crippen molar-refractivity contribution in [2.75, 3.05) is 29.9 Å². The Kier molecular flexibility index (Phi) is 5.20. The van der Waals surface area contributed by atoms with Gasteiger partial charge >= 0.3 is 0 Å². The van der Waals surface area contributed by atoms with Crippen LogP contribution in [0.5, 0.6) is 0 Å². The third kappa shape index (κ3) is 3.60. The van der Waals surface area contributed by atoms with E-state index in [-0.39, 0.29) is 17.4 Å². The van der Waals surface area contributed by atoms with Gasteiger partial charge < -0.3 is 15.3 Å². The van der Waals surface area contributed by atoms with Crippen LogP contribution in [0.3, 0.4) is 0 Å². The normalized spacial score (nSPS) is 22.1. The minimum absolute atomic E-state index is 0.0108. The second kappa shape index (κ2) is 8.14. The second-order valence-electron chi connectivity index (χ2n) is 8.78. The number of nitrogens with one attached hydrogen (secondary N) is 2. The SMILES string of the molecule is O=C(CNc1nc2ccc(-c3c(Cl)c(F)c(N4CCC(O)C4)c4[nH]ncc34)cc2s1)[C@@H]1C[C@@H]1F. The highest BCUT2D eigenvalue weighted by Gasteiger charge is 2.43. The third-order valence-corrected chi connectivity index (χ3v) is 7.79. The fraction of sp³-hybridized carbons (Fsp3) is 0.348. The molecule has 0 amide bonds. The number of benzene rings is 2. The lowest BCUT2D eigenvalue weighted by atomic mass is 10.00. The van der Waals surface area contributed by atoms with E-state index in [1.165, 1.54) is 11.3 Å². The molecule has 1 unspecified atom stereocenters. The molecular weight excluding hydrogens is 484 g/mol. The van der Waals surface area contributed by atoms with Crippen molar-refractivity contribution in [2.45, 2.75) is 25.1 Å². The summed E-state index contributed by atoms with van der Waals surface area (Å²) in [6, 6.07) is 5.52. The average Bonchev–Trinajstić information content (AvgIpc) is 3.20. The van der Waals surface area contributed by atoms with Gasteiger partial charge in [-0.2, -0.15) is 5.10 Å². The summed E-state index contributed by atoms with van der Waals surface area (Å²) < 4.78 is 29.5. The molecule has 0 bridgehead atoms. The minimum atomic E-state index is -1.01. The number of H-pyrrole nitrogens is 1. The number of thiazole rings is 1. The van der Waals surface area contributed by atoms with Crippen molar-refractivity contribution in [3.63, 3.8) is 0 Å². The van der Waals surface area contributed by atoms with Crippen LogP contribution >= 0.6 is 22.9 Å². The zero-order chi connectivity index (χ0) is 23.6. The van der Waals surface area contributed by atoms with Crippen LogP contribution in [0.2, 0.25) is 5.02 Å². The van der Waals surface area contributed by atoms with Crippen molar-refractivity contribution in [3.8, 4) is 11.1 Å². The van der Waals surface area contributed by atoms with Gasteiger partial charge in [0.25, 0.3) is 0 Å². The summed E-state index contributed by atoms with van der Waals surface area (Å²) in [6.07, 6.45) is 0.968. The van der Waals surface area contributed by atoms with Gasteiger partial charge in [-0.15, -0.1) is 0 Å². The Bertz CT molecular complexity index is 1440. The van der Waals surface area contributed by atoms with Crippen LogP contribution in [0.25, 0.3) is 32.2 Å². The molecule has 3 atom stereocenters. The lowest BCUT2D eigenvalue weighted by molar-refractivity contribution is -0.118. The first-order valence-corrected chi connectivity index (χ1v) is 12.2. The minimum Gasteiger partial charge on any atom is -0.391 e. The number of anilines is 2. The molecule has 11 heteroatoms. The van der Waals surface area contributed by atoms with Crippen LogP contribution in [0, 0.1) is 11.7 Å². The van der Waals surface area contributed by atoms with Crippen LogP contribution in [0.1, 0.15) is 12.8 Å². The molecule has 1 saturated carbocycles. The molecule has 6 rings (SSSR count). The van der Waals surface area contributed by atoms with Crippen LogP contribution in [0.4, 0.5) is 19.6 Å². The van der Waals surface area contributed by atoms with E-state index in [2.05, 4.69) is 20.5 Å². The Morgan fingerprint density at radius 2 is 2.24 bits per heavy atom. The lowest BCUT2D eigenvalue weighted by Crippen LogP contribution is -2.23. The summed E-state index contributed by atoms with van der Waals surface area (Å²) in [5.41, 5.74) is 2.80.